The van der Waals surface area contributed by atoms with Crippen LogP contribution < -0.4 is 5.48 Å². The average molecular weight is 231 g/mol. The first-order valence-electron chi connectivity index (χ1n) is 5.71. The van der Waals surface area contributed by atoms with Crippen LogP contribution in [0.15, 0.2) is 34.9 Å². The van der Waals surface area contributed by atoms with E-state index in [4.69, 9.17) is 9.25 Å². The molecule has 1 fully saturated rings. The van der Waals surface area contributed by atoms with Crippen LogP contribution in [-0.2, 0) is 16.2 Å². The summed E-state index contributed by atoms with van der Waals surface area (Å²) in [6.45, 7) is 0.329. The Morgan fingerprint density at radius 3 is 3.06 bits per heavy atom. The minimum Gasteiger partial charge on any atom is -0.464 e. The Hall–Kier alpha value is -1.81. The first-order valence-corrected chi connectivity index (χ1v) is 5.71. The minimum absolute atomic E-state index is 0.0159. The van der Waals surface area contributed by atoms with Crippen molar-refractivity contribution in [3.8, 4) is 0 Å². The second-order valence-electron chi connectivity index (χ2n) is 4.29. The number of hydroxylamine groups is 1. The highest BCUT2D eigenvalue weighted by Crippen LogP contribution is 2.28. The zero-order valence-electron chi connectivity index (χ0n) is 9.31. The van der Waals surface area contributed by atoms with Crippen LogP contribution in [0.5, 0.6) is 0 Å². The first kappa shape index (κ1) is 10.4. The number of para-hydroxylation sites is 1. The van der Waals surface area contributed by atoms with Crippen LogP contribution in [0, 0.1) is 5.92 Å². The van der Waals surface area contributed by atoms with Crippen molar-refractivity contribution < 1.29 is 14.0 Å². The Kier molecular flexibility index (Phi) is 2.57. The predicted octanol–water partition coefficient (Wildman–Crippen LogP) is 2.39. The van der Waals surface area contributed by atoms with Gasteiger partial charge in [-0.3, -0.25) is 9.63 Å². The van der Waals surface area contributed by atoms with E-state index in [-0.39, 0.29) is 11.8 Å². The van der Waals surface area contributed by atoms with Gasteiger partial charge in [-0.25, -0.2) is 5.48 Å². The van der Waals surface area contributed by atoms with E-state index in [2.05, 4.69) is 5.48 Å². The van der Waals surface area contributed by atoms with E-state index in [1.807, 2.05) is 24.3 Å². The third-order valence-corrected chi connectivity index (χ3v) is 2.91. The van der Waals surface area contributed by atoms with Crippen molar-refractivity contribution in [1.82, 2.24) is 5.48 Å². The van der Waals surface area contributed by atoms with Gasteiger partial charge in [0.25, 0.3) is 0 Å². The maximum absolute atomic E-state index is 11.3. The molecule has 1 saturated carbocycles. The molecule has 4 heteroatoms. The number of fused-ring (bicyclic) bond motifs is 1. The van der Waals surface area contributed by atoms with Gasteiger partial charge in [0.2, 0.25) is 5.91 Å². The molecule has 88 valence electrons. The Morgan fingerprint density at radius 2 is 2.24 bits per heavy atom. The molecule has 0 bridgehead atoms. The molecule has 1 aromatic heterocycles. The molecule has 17 heavy (non-hydrogen) atoms. The fraction of sp³-hybridized carbons (Fsp3) is 0.308. The number of amides is 1. The normalized spacial score (nSPS) is 15.1. The minimum atomic E-state index is -0.0159. The van der Waals surface area contributed by atoms with Gasteiger partial charge in [-0.2, -0.15) is 0 Å². The van der Waals surface area contributed by atoms with Gasteiger partial charge in [-0.05, 0) is 18.9 Å². The van der Waals surface area contributed by atoms with Crippen molar-refractivity contribution in [2.45, 2.75) is 19.4 Å². The number of hydrogen-bond acceptors (Lipinski definition) is 3. The van der Waals surface area contributed by atoms with Gasteiger partial charge in [0.1, 0.15) is 12.2 Å². The van der Waals surface area contributed by atoms with E-state index >= 15 is 0 Å². The van der Waals surface area contributed by atoms with Gasteiger partial charge in [-0.15, -0.1) is 0 Å². The van der Waals surface area contributed by atoms with E-state index < -0.39 is 0 Å². The molecule has 1 aromatic carbocycles. The molecule has 3 rings (SSSR count). The summed E-state index contributed by atoms with van der Waals surface area (Å²) in [5.41, 5.74) is 4.24. The summed E-state index contributed by atoms with van der Waals surface area (Å²) in [5.74, 6) is 0.147. The summed E-state index contributed by atoms with van der Waals surface area (Å²) in [7, 11) is 0. The third-order valence-electron chi connectivity index (χ3n) is 2.91. The topological polar surface area (TPSA) is 51.5 Å². The molecular formula is C13H13NO3. The number of furan rings is 1. The molecule has 0 unspecified atom stereocenters. The SMILES string of the molecule is O=C(NOCc1coc2ccccc12)C1CC1. The molecule has 1 heterocycles. The number of carbonyl (C=O) groups excluding carboxylic acids is 1. The molecule has 2 aromatic rings. The van der Waals surface area contributed by atoms with Gasteiger partial charge in [0.15, 0.2) is 0 Å². The predicted molar refractivity (Wildman–Crippen MR) is 61.9 cm³/mol. The largest absolute Gasteiger partial charge is 0.464 e. The maximum Gasteiger partial charge on any atom is 0.246 e. The Labute approximate surface area is 98.5 Å². The molecule has 0 atom stereocenters. The summed E-state index contributed by atoms with van der Waals surface area (Å²) in [6, 6.07) is 7.75. The van der Waals surface area contributed by atoms with Crippen molar-refractivity contribution in [3.05, 3.63) is 36.1 Å². The van der Waals surface area contributed by atoms with Crippen molar-refractivity contribution in [3.63, 3.8) is 0 Å². The molecule has 4 nitrogen and oxygen atoms in total. The molecule has 1 amide bonds. The number of rotatable bonds is 4. The van der Waals surface area contributed by atoms with Gasteiger partial charge in [0, 0.05) is 16.9 Å². The molecule has 1 aliphatic carbocycles. The van der Waals surface area contributed by atoms with E-state index in [1.54, 1.807) is 6.26 Å². The molecule has 0 radical (unpaired) electrons. The standard InChI is InChI=1S/C13H13NO3/c15-13(9-5-6-9)14-17-8-10-7-16-12-4-2-1-3-11(10)12/h1-4,7,9H,5-6,8H2,(H,14,15). The van der Waals surface area contributed by atoms with Gasteiger partial charge >= 0.3 is 0 Å². The highest BCUT2D eigenvalue weighted by Gasteiger charge is 2.29. The van der Waals surface area contributed by atoms with Gasteiger partial charge < -0.3 is 4.42 Å². The molecule has 0 saturated heterocycles. The Balaban J connectivity index is 1.62. The van der Waals surface area contributed by atoms with Crippen LogP contribution in [-0.4, -0.2) is 5.91 Å². The van der Waals surface area contributed by atoms with Crippen LogP contribution in [0.4, 0.5) is 0 Å². The van der Waals surface area contributed by atoms with Crippen LogP contribution in [0.1, 0.15) is 18.4 Å². The quantitative estimate of drug-likeness (QED) is 0.822. The maximum atomic E-state index is 11.3. The lowest BCUT2D eigenvalue weighted by molar-refractivity contribution is -0.135. The highest BCUT2D eigenvalue weighted by molar-refractivity contribution is 5.81. The summed E-state index contributed by atoms with van der Waals surface area (Å²) in [6.07, 6.45) is 3.61. The highest BCUT2D eigenvalue weighted by atomic mass is 16.7. The van der Waals surface area contributed by atoms with Crippen molar-refractivity contribution in [1.29, 1.82) is 0 Å². The molecule has 1 N–H and O–H groups in total. The first-order chi connectivity index (χ1) is 8.34. The number of carbonyl (C=O) groups is 1. The van der Waals surface area contributed by atoms with E-state index in [0.717, 1.165) is 29.4 Å². The number of hydrogen-bond donors (Lipinski definition) is 1. The van der Waals surface area contributed by atoms with Crippen LogP contribution in [0.3, 0.4) is 0 Å². The van der Waals surface area contributed by atoms with E-state index in [9.17, 15) is 4.79 Å². The fourth-order valence-corrected chi connectivity index (χ4v) is 1.76. The second kappa shape index (κ2) is 4.22. The van der Waals surface area contributed by atoms with E-state index in [1.165, 1.54) is 0 Å². The summed E-state index contributed by atoms with van der Waals surface area (Å²) < 4.78 is 5.37. The average Bonchev–Trinajstić information content (AvgIpc) is 3.12. The fourth-order valence-electron chi connectivity index (χ4n) is 1.76. The lowest BCUT2D eigenvalue weighted by atomic mass is 10.2. The van der Waals surface area contributed by atoms with E-state index in [0.29, 0.717) is 6.61 Å². The van der Waals surface area contributed by atoms with Crippen LogP contribution >= 0.6 is 0 Å². The smallest absolute Gasteiger partial charge is 0.246 e. The van der Waals surface area contributed by atoms with Crippen LogP contribution in [0.25, 0.3) is 11.0 Å². The molecular weight excluding hydrogens is 218 g/mol. The zero-order chi connectivity index (χ0) is 11.7. The molecule has 1 aliphatic rings. The van der Waals surface area contributed by atoms with Crippen molar-refractivity contribution >= 4 is 16.9 Å². The summed E-state index contributed by atoms with van der Waals surface area (Å²) >= 11 is 0. The second-order valence-corrected chi connectivity index (χ2v) is 4.29. The van der Waals surface area contributed by atoms with Gasteiger partial charge in [0.05, 0.1) is 6.26 Å². The Morgan fingerprint density at radius 1 is 1.41 bits per heavy atom. The zero-order valence-corrected chi connectivity index (χ0v) is 9.31. The monoisotopic (exact) mass is 231 g/mol. The van der Waals surface area contributed by atoms with Gasteiger partial charge in [-0.1, -0.05) is 18.2 Å². The summed E-state index contributed by atoms with van der Waals surface area (Å²) in [5, 5.41) is 1.02. The molecule has 0 spiro atoms. The van der Waals surface area contributed by atoms with Crippen LogP contribution in [0.2, 0.25) is 0 Å². The van der Waals surface area contributed by atoms with Crippen molar-refractivity contribution in [2.24, 2.45) is 5.92 Å². The summed E-state index contributed by atoms with van der Waals surface area (Å²) in [4.78, 5) is 16.5. The number of nitrogens with one attached hydrogen (secondary N) is 1. The lowest BCUT2D eigenvalue weighted by Gasteiger charge is -2.03. The lowest BCUT2D eigenvalue weighted by Crippen LogP contribution is -2.24. The third kappa shape index (κ3) is 2.17. The van der Waals surface area contributed by atoms with Crippen molar-refractivity contribution in [2.75, 3.05) is 0 Å². The Bertz CT molecular complexity index is 542. The number of benzene rings is 1. The molecule has 0 aliphatic heterocycles.